The minimum atomic E-state index is -0.435. The van der Waals surface area contributed by atoms with E-state index in [0.717, 1.165) is 17.0 Å². The highest BCUT2D eigenvalue weighted by Gasteiger charge is 2.29. The number of aryl methyl sites for hydroxylation is 1. The van der Waals surface area contributed by atoms with Gasteiger partial charge in [-0.05, 0) is 56.7 Å². The lowest BCUT2D eigenvalue weighted by atomic mass is 10.1. The first-order valence-electron chi connectivity index (χ1n) is 10.0. The van der Waals surface area contributed by atoms with Gasteiger partial charge in [-0.2, -0.15) is 10.1 Å². The van der Waals surface area contributed by atoms with Crippen molar-refractivity contribution in [1.29, 1.82) is 0 Å². The fourth-order valence-electron chi connectivity index (χ4n) is 3.86. The summed E-state index contributed by atoms with van der Waals surface area (Å²) in [6.07, 6.45) is 1.81. The second kappa shape index (κ2) is 8.14. The summed E-state index contributed by atoms with van der Waals surface area (Å²) in [5.41, 5.74) is 4.87. The molecule has 0 N–H and O–H groups in total. The first kappa shape index (κ1) is 21.0. The van der Waals surface area contributed by atoms with E-state index >= 15 is 0 Å². The Morgan fingerprint density at radius 3 is 2.44 bits per heavy atom. The molecule has 32 heavy (non-hydrogen) atoms. The fraction of sp³-hybridized carbons (Fsp3) is 0.167. The summed E-state index contributed by atoms with van der Waals surface area (Å²) in [6, 6.07) is 15.7. The Bertz CT molecular complexity index is 1290. The number of nitro groups is 1. The standard InChI is InChI=1S/C24H22N4O4/c1-15-12-18(13-21-16(2)25-27(24(21)29)19-8-6-5-7-9-19)17(3)26(15)22-14-20(28(30)31)10-11-23(22)32-4/h5-14H,1-4H3. The third-order valence-electron chi connectivity index (χ3n) is 5.45. The Morgan fingerprint density at radius 1 is 1.06 bits per heavy atom. The van der Waals surface area contributed by atoms with Crippen LogP contribution in [-0.2, 0) is 4.79 Å². The number of aromatic nitrogens is 1. The summed E-state index contributed by atoms with van der Waals surface area (Å²) in [6.45, 7) is 5.61. The van der Waals surface area contributed by atoms with Gasteiger partial charge in [-0.25, -0.2) is 0 Å². The lowest BCUT2D eigenvalue weighted by Gasteiger charge is -2.14. The van der Waals surface area contributed by atoms with Gasteiger partial charge in [0, 0.05) is 23.5 Å². The molecule has 0 radical (unpaired) electrons. The van der Waals surface area contributed by atoms with E-state index in [4.69, 9.17) is 4.74 Å². The third kappa shape index (κ3) is 3.56. The van der Waals surface area contributed by atoms with Crippen LogP contribution in [0, 0.1) is 24.0 Å². The average Bonchev–Trinajstić information content (AvgIpc) is 3.23. The van der Waals surface area contributed by atoms with Crippen molar-refractivity contribution in [3.63, 3.8) is 0 Å². The highest BCUT2D eigenvalue weighted by atomic mass is 16.6. The number of hydrazone groups is 1. The van der Waals surface area contributed by atoms with Crippen LogP contribution < -0.4 is 9.75 Å². The van der Waals surface area contributed by atoms with Gasteiger partial charge < -0.3 is 9.30 Å². The molecule has 1 aliphatic heterocycles. The zero-order valence-electron chi connectivity index (χ0n) is 18.2. The van der Waals surface area contributed by atoms with Gasteiger partial charge in [0.15, 0.2) is 0 Å². The molecule has 0 saturated heterocycles. The Morgan fingerprint density at radius 2 is 1.78 bits per heavy atom. The number of non-ortho nitro benzene ring substituents is 1. The van der Waals surface area contributed by atoms with Gasteiger partial charge in [0.05, 0.1) is 34.7 Å². The molecule has 1 amide bonds. The van der Waals surface area contributed by atoms with Crippen molar-refractivity contribution in [2.24, 2.45) is 5.10 Å². The molecule has 2 aromatic carbocycles. The number of methoxy groups -OCH3 is 1. The van der Waals surface area contributed by atoms with E-state index in [1.54, 1.807) is 13.0 Å². The molecule has 0 saturated carbocycles. The van der Waals surface area contributed by atoms with Gasteiger partial charge >= 0.3 is 0 Å². The highest BCUT2D eigenvalue weighted by molar-refractivity contribution is 6.32. The number of para-hydroxylation sites is 1. The molecular weight excluding hydrogens is 408 g/mol. The Hall–Kier alpha value is -4.20. The summed E-state index contributed by atoms with van der Waals surface area (Å²) >= 11 is 0. The van der Waals surface area contributed by atoms with Crippen LogP contribution in [0.1, 0.15) is 23.9 Å². The van der Waals surface area contributed by atoms with Gasteiger partial charge in [0.2, 0.25) is 0 Å². The van der Waals surface area contributed by atoms with Gasteiger partial charge in [0.1, 0.15) is 5.75 Å². The quantitative estimate of drug-likeness (QED) is 0.330. The molecule has 3 aromatic rings. The molecule has 2 heterocycles. The van der Waals surface area contributed by atoms with Crippen molar-refractivity contribution in [2.75, 3.05) is 12.1 Å². The number of benzene rings is 2. The molecule has 1 aliphatic rings. The van der Waals surface area contributed by atoms with E-state index in [1.165, 1.54) is 24.3 Å². The van der Waals surface area contributed by atoms with E-state index in [2.05, 4.69) is 5.10 Å². The largest absolute Gasteiger partial charge is 0.495 e. The number of hydrogen-bond acceptors (Lipinski definition) is 5. The average molecular weight is 430 g/mol. The van der Waals surface area contributed by atoms with Crippen LogP contribution in [0.2, 0.25) is 0 Å². The number of amides is 1. The number of nitro benzene ring substituents is 1. The molecule has 1 aromatic heterocycles. The van der Waals surface area contributed by atoms with Crippen LogP contribution in [0.25, 0.3) is 11.8 Å². The number of hydrogen-bond donors (Lipinski definition) is 0. The number of anilines is 1. The van der Waals surface area contributed by atoms with E-state index in [9.17, 15) is 14.9 Å². The SMILES string of the molecule is COc1ccc([N+](=O)[O-])cc1-n1c(C)cc(C=C2C(=O)N(c3ccccc3)N=C2C)c1C. The number of nitrogens with zero attached hydrogens (tertiary/aromatic N) is 4. The lowest BCUT2D eigenvalue weighted by Crippen LogP contribution is -2.21. The fourth-order valence-corrected chi connectivity index (χ4v) is 3.86. The molecule has 0 unspecified atom stereocenters. The van der Waals surface area contributed by atoms with E-state index in [-0.39, 0.29) is 11.6 Å². The van der Waals surface area contributed by atoms with Crippen molar-refractivity contribution in [3.8, 4) is 11.4 Å². The van der Waals surface area contributed by atoms with Crippen LogP contribution in [0.15, 0.2) is 65.3 Å². The molecule has 8 heteroatoms. The number of carbonyl (C=O) groups excluding carboxylic acids is 1. The summed E-state index contributed by atoms with van der Waals surface area (Å²) in [7, 11) is 1.52. The van der Waals surface area contributed by atoms with Crippen LogP contribution in [-0.4, -0.2) is 28.2 Å². The Labute approximate surface area is 185 Å². The van der Waals surface area contributed by atoms with Crippen LogP contribution >= 0.6 is 0 Å². The molecule has 4 rings (SSSR count). The second-order valence-corrected chi connectivity index (χ2v) is 7.47. The maximum absolute atomic E-state index is 13.1. The van der Waals surface area contributed by atoms with Gasteiger partial charge in [-0.3, -0.25) is 14.9 Å². The summed E-state index contributed by atoms with van der Waals surface area (Å²) < 4.78 is 7.33. The van der Waals surface area contributed by atoms with Crippen LogP contribution in [0.5, 0.6) is 5.75 Å². The lowest BCUT2D eigenvalue weighted by molar-refractivity contribution is -0.384. The van der Waals surface area contributed by atoms with E-state index in [1.807, 2.05) is 60.9 Å². The zero-order valence-corrected chi connectivity index (χ0v) is 18.2. The Balaban J connectivity index is 1.78. The van der Waals surface area contributed by atoms with Gasteiger partial charge in [-0.15, -0.1) is 0 Å². The maximum Gasteiger partial charge on any atom is 0.280 e. The molecule has 162 valence electrons. The van der Waals surface area contributed by atoms with E-state index in [0.29, 0.717) is 28.4 Å². The topological polar surface area (TPSA) is 90.0 Å². The monoisotopic (exact) mass is 430 g/mol. The number of ether oxygens (including phenoxy) is 1. The third-order valence-corrected chi connectivity index (χ3v) is 5.45. The molecule has 0 spiro atoms. The predicted octanol–water partition coefficient (Wildman–Crippen LogP) is 4.82. The highest BCUT2D eigenvalue weighted by Crippen LogP contribution is 2.33. The smallest absolute Gasteiger partial charge is 0.280 e. The minimum absolute atomic E-state index is 0.0272. The summed E-state index contributed by atoms with van der Waals surface area (Å²) in [5.74, 6) is 0.313. The van der Waals surface area contributed by atoms with E-state index < -0.39 is 4.92 Å². The first-order valence-corrected chi connectivity index (χ1v) is 10.0. The van der Waals surface area contributed by atoms with Crippen molar-refractivity contribution < 1.29 is 14.5 Å². The number of carbonyl (C=O) groups is 1. The van der Waals surface area contributed by atoms with Crippen molar-refractivity contribution >= 4 is 29.1 Å². The molecule has 0 aliphatic carbocycles. The second-order valence-electron chi connectivity index (χ2n) is 7.47. The summed E-state index contributed by atoms with van der Waals surface area (Å²) in [4.78, 5) is 23.9. The normalized spacial score (nSPS) is 14.8. The molecular formula is C24H22N4O4. The Kier molecular flexibility index (Phi) is 5.36. The first-order chi connectivity index (χ1) is 15.3. The van der Waals surface area contributed by atoms with Gasteiger partial charge in [0.25, 0.3) is 11.6 Å². The molecule has 8 nitrogen and oxygen atoms in total. The van der Waals surface area contributed by atoms with Crippen molar-refractivity contribution in [2.45, 2.75) is 20.8 Å². The zero-order chi connectivity index (χ0) is 23.0. The van der Waals surface area contributed by atoms with Crippen LogP contribution in [0.4, 0.5) is 11.4 Å². The number of rotatable bonds is 5. The predicted molar refractivity (Wildman–Crippen MR) is 123 cm³/mol. The molecule has 0 fully saturated rings. The van der Waals surface area contributed by atoms with Gasteiger partial charge in [-0.1, -0.05) is 18.2 Å². The molecule has 0 bridgehead atoms. The molecule has 0 atom stereocenters. The maximum atomic E-state index is 13.1. The minimum Gasteiger partial charge on any atom is -0.495 e. The van der Waals surface area contributed by atoms with Crippen molar-refractivity contribution in [3.05, 3.63) is 87.2 Å². The summed E-state index contributed by atoms with van der Waals surface area (Å²) in [5, 5.41) is 17.1. The van der Waals surface area contributed by atoms with Crippen molar-refractivity contribution in [1.82, 2.24) is 4.57 Å². The van der Waals surface area contributed by atoms with Crippen LogP contribution in [0.3, 0.4) is 0 Å².